The summed E-state index contributed by atoms with van der Waals surface area (Å²) in [6, 6.07) is 0. The molecule has 0 amide bonds. The van der Waals surface area contributed by atoms with Gasteiger partial charge in [-0.25, -0.2) is 0 Å². The molecule has 6 nitrogen and oxygen atoms in total. The van der Waals surface area contributed by atoms with E-state index in [0.29, 0.717) is 19.3 Å². The maximum absolute atomic E-state index is 12.8. The summed E-state index contributed by atoms with van der Waals surface area (Å²) in [7, 11) is 0. The fourth-order valence-corrected chi connectivity index (χ4v) is 6.06. The number of allylic oxidation sites excluding steroid dienone is 22. The summed E-state index contributed by atoms with van der Waals surface area (Å²) in [4.78, 5) is 37.9. The molecule has 0 fully saturated rings. The summed E-state index contributed by atoms with van der Waals surface area (Å²) in [6.07, 6.45) is 70.0. The number of unbranched alkanes of at least 4 members (excludes halogenated alkanes) is 13. The highest BCUT2D eigenvalue weighted by Crippen LogP contribution is 2.12. The molecule has 0 aromatic rings. The van der Waals surface area contributed by atoms with Crippen molar-refractivity contribution in [1.82, 2.24) is 0 Å². The van der Waals surface area contributed by atoms with Crippen LogP contribution in [0.15, 0.2) is 134 Å². The van der Waals surface area contributed by atoms with Crippen molar-refractivity contribution in [3.8, 4) is 0 Å². The number of carbonyl (C=O) groups excluding carboxylic acids is 3. The summed E-state index contributed by atoms with van der Waals surface area (Å²) >= 11 is 0. The number of hydrogen-bond acceptors (Lipinski definition) is 6. The smallest absolute Gasteiger partial charge is 0.306 e. The van der Waals surface area contributed by atoms with Crippen molar-refractivity contribution in [2.75, 3.05) is 13.2 Å². The highest BCUT2D eigenvalue weighted by atomic mass is 16.6. The highest BCUT2D eigenvalue weighted by Gasteiger charge is 2.19. The van der Waals surface area contributed by atoms with E-state index in [4.69, 9.17) is 14.2 Å². The molecule has 352 valence electrons. The van der Waals surface area contributed by atoms with Gasteiger partial charge in [0.05, 0.1) is 0 Å². The maximum atomic E-state index is 12.8. The van der Waals surface area contributed by atoms with Gasteiger partial charge < -0.3 is 14.2 Å². The Morgan fingerprint density at radius 2 is 0.698 bits per heavy atom. The third kappa shape index (κ3) is 48.4. The van der Waals surface area contributed by atoms with Crippen LogP contribution in [-0.2, 0) is 28.6 Å². The molecule has 0 rings (SSSR count). The molecule has 0 aromatic carbocycles. The Balaban J connectivity index is 4.54. The summed E-state index contributed by atoms with van der Waals surface area (Å²) in [6.45, 7) is 6.24. The third-order valence-corrected chi connectivity index (χ3v) is 9.75. The van der Waals surface area contributed by atoms with Gasteiger partial charge in [0.15, 0.2) is 6.10 Å². The molecule has 0 aliphatic heterocycles. The van der Waals surface area contributed by atoms with E-state index in [1.807, 2.05) is 48.6 Å². The second kappa shape index (κ2) is 50.2. The summed E-state index contributed by atoms with van der Waals surface area (Å²) in [5, 5.41) is 0. The molecule has 1 unspecified atom stereocenters. The van der Waals surface area contributed by atoms with E-state index in [-0.39, 0.29) is 37.5 Å². The van der Waals surface area contributed by atoms with Gasteiger partial charge in [-0.3, -0.25) is 14.4 Å². The zero-order valence-corrected chi connectivity index (χ0v) is 40.0. The van der Waals surface area contributed by atoms with E-state index in [9.17, 15) is 14.4 Å². The van der Waals surface area contributed by atoms with Crippen LogP contribution in [0.1, 0.15) is 188 Å². The Kier molecular flexibility index (Phi) is 46.7. The van der Waals surface area contributed by atoms with Crippen LogP contribution in [0.25, 0.3) is 0 Å². The third-order valence-electron chi connectivity index (χ3n) is 9.75. The zero-order valence-electron chi connectivity index (χ0n) is 40.0. The SMILES string of the molecule is CC\C=C/C=C\C=C/C=C\C=C/CCCCCC(=O)OC(COC(=O)CCCCC/C=C\C/C=C\C/C=C\C/C=C\C/C=C\CC)COC(=O)CCCCCCC/C=C\CCCC. The van der Waals surface area contributed by atoms with Crippen LogP contribution < -0.4 is 0 Å². The first-order valence-electron chi connectivity index (χ1n) is 24.8. The Morgan fingerprint density at radius 3 is 1.19 bits per heavy atom. The fraction of sp³-hybridized carbons (Fsp3) is 0.561. The molecule has 0 bridgehead atoms. The average molecular weight is 869 g/mol. The lowest BCUT2D eigenvalue weighted by atomic mass is 10.1. The normalized spacial score (nSPS) is 13.3. The largest absolute Gasteiger partial charge is 0.462 e. The van der Waals surface area contributed by atoms with Crippen molar-refractivity contribution in [2.45, 2.75) is 194 Å². The number of esters is 3. The predicted octanol–water partition coefficient (Wildman–Crippen LogP) is 16.3. The first-order chi connectivity index (χ1) is 31.0. The molecule has 63 heavy (non-hydrogen) atoms. The predicted molar refractivity (Wildman–Crippen MR) is 269 cm³/mol. The van der Waals surface area contributed by atoms with Gasteiger partial charge in [-0.2, -0.15) is 0 Å². The van der Waals surface area contributed by atoms with Crippen LogP contribution in [0.5, 0.6) is 0 Å². The van der Waals surface area contributed by atoms with Crippen LogP contribution in [0.3, 0.4) is 0 Å². The molecule has 0 saturated heterocycles. The van der Waals surface area contributed by atoms with Gasteiger partial charge in [0.2, 0.25) is 0 Å². The van der Waals surface area contributed by atoms with Gasteiger partial charge in [-0.15, -0.1) is 0 Å². The van der Waals surface area contributed by atoms with Gasteiger partial charge in [0.25, 0.3) is 0 Å². The van der Waals surface area contributed by atoms with Crippen LogP contribution in [-0.4, -0.2) is 37.2 Å². The van der Waals surface area contributed by atoms with Crippen molar-refractivity contribution in [1.29, 1.82) is 0 Å². The molecular formula is C57H88O6. The quantitative estimate of drug-likeness (QED) is 0.0200. The van der Waals surface area contributed by atoms with Crippen LogP contribution in [0.4, 0.5) is 0 Å². The van der Waals surface area contributed by atoms with E-state index < -0.39 is 6.10 Å². The molecule has 0 aliphatic rings. The van der Waals surface area contributed by atoms with E-state index >= 15 is 0 Å². The number of carbonyl (C=O) groups is 3. The zero-order chi connectivity index (χ0) is 45.8. The lowest BCUT2D eigenvalue weighted by molar-refractivity contribution is -0.167. The Labute approximate surface area is 385 Å². The summed E-state index contributed by atoms with van der Waals surface area (Å²) < 4.78 is 16.7. The first kappa shape index (κ1) is 58.6. The minimum Gasteiger partial charge on any atom is -0.462 e. The van der Waals surface area contributed by atoms with Crippen molar-refractivity contribution in [3.05, 3.63) is 134 Å². The second-order valence-electron chi connectivity index (χ2n) is 15.7. The minimum absolute atomic E-state index is 0.116. The van der Waals surface area contributed by atoms with Crippen molar-refractivity contribution in [2.24, 2.45) is 0 Å². The van der Waals surface area contributed by atoms with Crippen molar-refractivity contribution < 1.29 is 28.6 Å². The van der Waals surface area contributed by atoms with E-state index in [2.05, 4.69) is 106 Å². The number of rotatable bonds is 42. The van der Waals surface area contributed by atoms with Crippen LogP contribution >= 0.6 is 0 Å². The molecule has 6 heteroatoms. The minimum atomic E-state index is -0.821. The maximum Gasteiger partial charge on any atom is 0.306 e. The van der Waals surface area contributed by atoms with Gasteiger partial charge in [0, 0.05) is 19.3 Å². The van der Waals surface area contributed by atoms with Crippen LogP contribution in [0, 0.1) is 0 Å². The van der Waals surface area contributed by atoms with Gasteiger partial charge in [0.1, 0.15) is 13.2 Å². The van der Waals surface area contributed by atoms with Crippen molar-refractivity contribution >= 4 is 17.9 Å². The Bertz CT molecular complexity index is 1420. The van der Waals surface area contributed by atoms with Crippen LogP contribution in [0.2, 0.25) is 0 Å². The number of hydrogen-bond donors (Lipinski definition) is 0. The van der Waals surface area contributed by atoms with Gasteiger partial charge in [-0.1, -0.05) is 199 Å². The lowest BCUT2D eigenvalue weighted by Crippen LogP contribution is -2.30. The fourth-order valence-electron chi connectivity index (χ4n) is 6.06. The standard InChI is InChI=1S/C57H88O6/c1-4-7-10-13-16-19-22-24-26-27-28-29-31-32-35-38-41-44-47-50-56(59)62-53-54(52-61-55(58)49-46-43-40-37-34-21-18-15-12-9-6-3)63-57(60)51-48-45-42-39-36-33-30-25-23-20-17-14-11-8-5-2/h7-8,10-11,14-20,23-26,28-30,32-33,35-36,54H,4-6,9,12-13,21-22,27,31,34,37-53H2,1-3H3/b10-7-,11-8-,17-14-,18-15-,19-16-,23-20-,26-24-,29-28-,30-25-,35-32-,36-33-. The molecule has 0 saturated carbocycles. The van der Waals surface area contributed by atoms with Gasteiger partial charge in [-0.05, 0) is 103 Å². The number of ether oxygens (including phenoxy) is 3. The Morgan fingerprint density at radius 1 is 0.349 bits per heavy atom. The van der Waals surface area contributed by atoms with E-state index in [1.54, 1.807) is 0 Å². The summed E-state index contributed by atoms with van der Waals surface area (Å²) in [5.41, 5.74) is 0. The monoisotopic (exact) mass is 869 g/mol. The molecule has 0 aliphatic carbocycles. The lowest BCUT2D eigenvalue weighted by Gasteiger charge is -2.18. The Hall–Kier alpha value is -4.45. The molecular weight excluding hydrogens is 781 g/mol. The molecule has 0 radical (unpaired) electrons. The molecule has 1 atom stereocenters. The second-order valence-corrected chi connectivity index (χ2v) is 15.7. The molecule has 0 heterocycles. The summed E-state index contributed by atoms with van der Waals surface area (Å²) in [5.74, 6) is -1.01. The topological polar surface area (TPSA) is 78.9 Å². The molecule has 0 N–H and O–H groups in total. The van der Waals surface area contributed by atoms with E-state index in [0.717, 1.165) is 116 Å². The van der Waals surface area contributed by atoms with Gasteiger partial charge >= 0.3 is 17.9 Å². The highest BCUT2D eigenvalue weighted by molar-refractivity contribution is 5.71. The molecule has 0 aromatic heterocycles. The average Bonchev–Trinajstić information content (AvgIpc) is 3.28. The first-order valence-corrected chi connectivity index (χ1v) is 24.8. The van der Waals surface area contributed by atoms with E-state index in [1.165, 1.54) is 25.7 Å². The molecule has 0 spiro atoms. The van der Waals surface area contributed by atoms with Crippen molar-refractivity contribution in [3.63, 3.8) is 0 Å².